The summed E-state index contributed by atoms with van der Waals surface area (Å²) in [6.07, 6.45) is 2.86. The van der Waals surface area contributed by atoms with Crippen molar-refractivity contribution in [3.05, 3.63) is 40.7 Å². The predicted octanol–water partition coefficient (Wildman–Crippen LogP) is 2.79. The van der Waals surface area contributed by atoms with Gasteiger partial charge in [0.2, 0.25) is 5.91 Å². The molecule has 1 amide bonds. The lowest BCUT2D eigenvalue weighted by molar-refractivity contribution is -0.138. The van der Waals surface area contributed by atoms with E-state index in [2.05, 4.69) is 16.9 Å². The molecule has 1 aromatic carbocycles. The first-order chi connectivity index (χ1) is 13.0. The van der Waals surface area contributed by atoms with E-state index in [4.69, 9.17) is 9.47 Å². The Morgan fingerprint density at radius 2 is 2.15 bits per heavy atom. The number of amides is 1. The molecule has 1 aliphatic heterocycles. The van der Waals surface area contributed by atoms with Gasteiger partial charge in [0, 0.05) is 30.9 Å². The number of carbonyl (C=O) groups excluding carboxylic acids is 1. The Balaban J connectivity index is 1.55. The van der Waals surface area contributed by atoms with Crippen LogP contribution in [0.2, 0.25) is 0 Å². The molecule has 2 aliphatic rings. The number of hydrogen-bond donors (Lipinski definition) is 0. The molecule has 4 rings (SSSR count). The molecule has 1 saturated carbocycles. The molecule has 1 unspecified atom stereocenters. The van der Waals surface area contributed by atoms with Crippen LogP contribution in [0.5, 0.6) is 11.5 Å². The van der Waals surface area contributed by atoms with Crippen molar-refractivity contribution in [1.82, 2.24) is 14.7 Å². The zero-order valence-corrected chi connectivity index (χ0v) is 16.5. The van der Waals surface area contributed by atoms with Gasteiger partial charge in [-0.2, -0.15) is 5.10 Å². The molecule has 6 heteroatoms. The molecule has 1 fully saturated rings. The molecule has 27 heavy (non-hydrogen) atoms. The highest BCUT2D eigenvalue weighted by Crippen LogP contribution is 2.38. The van der Waals surface area contributed by atoms with Crippen LogP contribution in [0.3, 0.4) is 0 Å². The van der Waals surface area contributed by atoms with E-state index in [1.165, 1.54) is 0 Å². The summed E-state index contributed by atoms with van der Waals surface area (Å²) < 4.78 is 13.2. The predicted molar refractivity (Wildman–Crippen MR) is 102 cm³/mol. The van der Waals surface area contributed by atoms with Crippen LogP contribution in [0.15, 0.2) is 18.2 Å². The van der Waals surface area contributed by atoms with Gasteiger partial charge >= 0.3 is 0 Å². The number of para-hydroxylation sites is 1. The van der Waals surface area contributed by atoms with Gasteiger partial charge in [0.15, 0.2) is 11.5 Å². The molecule has 1 aliphatic carbocycles. The minimum atomic E-state index is -0.150. The standard InChI is InChI=1S/C21H27N3O3/c1-13-18(14(2)23(3)22-13)11-24(17-8-9-17)21(25)16-10-15-6-5-7-19(26-4)20(15)27-12-16/h5-7,16-17H,8-12H2,1-4H3. The normalized spacial score (nSPS) is 18.6. The van der Waals surface area contributed by atoms with Crippen molar-refractivity contribution >= 4 is 5.91 Å². The lowest BCUT2D eigenvalue weighted by atomic mass is 9.94. The van der Waals surface area contributed by atoms with Crippen LogP contribution in [0.1, 0.15) is 35.4 Å². The Morgan fingerprint density at radius 1 is 1.37 bits per heavy atom. The molecule has 144 valence electrons. The number of benzene rings is 1. The van der Waals surface area contributed by atoms with Crippen molar-refractivity contribution in [2.75, 3.05) is 13.7 Å². The van der Waals surface area contributed by atoms with Crippen LogP contribution in [-0.2, 0) is 24.8 Å². The molecule has 0 saturated heterocycles. The molecule has 2 heterocycles. The van der Waals surface area contributed by atoms with Crippen LogP contribution in [-0.4, -0.2) is 40.3 Å². The van der Waals surface area contributed by atoms with Crippen molar-refractivity contribution in [2.45, 2.75) is 45.7 Å². The Labute approximate surface area is 160 Å². The summed E-state index contributed by atoms with van der Waals surface area (Å²) in [6.45, 7) is 5.12. The monoisotopic (exact) mass is 369 g/mol. The van der Waals surface area contributed by atoms with Crippen molar-refractivity contribution in [2.24, 2.45) is 13.0 Å². The number of hydrogen-bond acceptors (Lipinski definition) is 4. The highest BCUT2D eigenvalue weighted by atomic mass is 16.5. The molecule has 0 N–H and O–H groups in total. The lowest BCUT2D eigenvalue weighted by Gasteiger charge is -2.31. The van der Waals surface area contributed by atoms with E-state index < -0.39 is 0 Å². The van der Waals surface area contributed by atoms with Gasteiger partial charge in [0.25, 0.3) is 0 Å². The van der Waals surface area contributed by atoms with Gasteiger partial charge in [0.05, 0.1) is 18.7 Å². The maximum Gasteiger partial charge on any atom is 0.230 e. The van der Waals surface area contributed by atoms with Gasteiger partial charge in [0.1, 0.15) is 6.61 Å². The third-order valence-electron chi connectivity index (χ3n) is 5.78. The fourth-order valence-corrected chi connectivity index (χ4v) is 3.94. The average Bonchev–Trinajstić information content (AvgIpc) is 3.48. The van der Waals surface area contributed by atoms with E-state index >= 15 is 0 Å². The SMILES string of the molecule is COc1cccc2c1OCC(C(=O)N(Cc1c(C)nn(C)c1C)C1CC1)C2. The number of rotatable bonds is 5. The second-order valence-corrected chi connectivity index (χ2v) is 7.63. The number of ether oxygens (including phenoxy) is 2. The Kier molecular flexibility index (Phi) is 4.58. The number of carbonyl (C=O) groups is 1. The molecule has 2 aromatic rings. The smallest absolute Gasteiger partial charge is 0.230 e. The fourth-order valence-electron chi connectivity index (χ4n) is 3.94. The van der Waals surface area contributed by atoms with Crippen LogP contribution >= 0.6 is 0 Å². The summed E-state index contributed by atoms with van der Waals surface area (Å²) in [4.78, 5) is 15.4. The van der Waals surface area contributed by atoms with Crippen molar-refractivity contribution < 1.29 is 14.3 Å². The Morgan fingerprint density at radius 3 is 2.78 bits per heavy atom. The van der Waals surface area contributed by atoms with Gasteiger partial charge in [-0.1, -0.05) is 12.1 Å². The highest BCUT2D eigenvalue weighted by Gasteiger charge is 2.38. The number of methoxy groups -OCH3 is 1. The number of aryl methyl sites for hydroxylation is 2. The molecule has 0 spiro atoms. The second-order valence-electron chi connectivity index (χ2n) is 7.63. The average molecular weight is 369 g/mol. The quantitative estimate of drug-likeness (QED) is 0.813. The molecule has 1 aromatic heterocycles. The van der Waals surface area contributed by atoms with E-state index in [9.17, 15) is 4.79 Å². The Bertz CT molecular complexity index is 870. The van der Waals surface area contributed by atoms with Gasteiger partial charge in [-0.15, -0.1) is 0 Å². The first kappa shape index (κ1) is 17.9. The topological polar surface area (TPSA) is 56.6 Å². The number of nitrogens with zero attached hydrogens (tertiary/aromatic N) is 3. The van der Waals surface area contributed by atoms with E-state index in [-0.39, 0.29) is 11.8 Å². The number of fused-ring (bicyclic) bond motifs is 1. The second kappa shape index (κ2) is 6.91. The molecular weight excluding hydrogens is 342 g/mol. The molecular formula is C21H27N3O3. The third kappa shape index (κ3) is 3.29. The molecule has 0 radical (unpaired) electrons. The molecule has 1 atom stereocenters. The Hall–Kier alpha value is -2.50. The molecule has 0 bridgehead atoms. The van der Waals surface area contributed by atoms with Gasteiger partial charge in [-0.3, -0.25) is 9.48 Å². The summed E-state index contributed by atoms with van der Waals surface area (Å²) >= 11 is 0. The zero-order valence-electron chi connectivity index (χ0n) is 16.5. The summed E-state index contributed by atoms with van der Waals surface area (Å²) in [5, 5.41) is 4.50. The lowest BCUT2D eigenvalue weighted by Crippen LogP contribution is -2.42. The van der Waals surface area contributed by atoms with E-state index in [0.717, 1.165) is 46.9 Å². The maximum absolute atomic E-state index is 13.4. The zero-order chi connectivity index (χ0) is 19.1. The van der Waals surface area contributed by atoms with E-state index in [0.29, 0.717) is 25.6 Å². The van der Waals surface area contributed by atoms with Crippen molar-refractivity contribution in [1.29, 1.82) is 0 Å². The van der Waals surface area contributed by atoms with Crippen LogP contribution in [0.4, 0.5) is 0 Å². The van der Waals surface area contributed by atoms with Gasteiger partial charge in [-0.25, -0.2) is 0 Å². The molecule has 6 nitrogen and oxygen atoms in total. The largest absolute Gasteiger partial charge is 0.493 e. The van der Waals surface area contributed by atoms with Gasteiger partial charge < -0.3 is 14.4 Å². The summed E-state index contributed by atoms with van der Waals surface area (Å²) in [5.41, 5.74) is 4.34. The number of aromatic nitrogens is 2. The van der Waals surface area contributed by atoms with Crippen molar-refractivity contribution in [3.8, 4) is 11.5 Å². The maximum atomic E-state index is 13.4. The summed E-state index contributed by atoms with van der Waals surface area (Å²) in [7, 11) is 3.60. The van der Waals surface area contributed by atoms with Crippen molar-refractivity contribution in [3.63, 3.8) is 0 Å². The van der Waals surface area contributed by atoms with Crippen LogP contribution in [0, 0.1) is 19.8 Å². The minimum absolute atomic E-state index is 0.150. The first-order valence-electron chi connectivity index (χ1n) is 9.57. The minimum Gasteiger partial charge on any atom is -0.493 e. The van der Waals surface area contributed by atoms with E-state index in [1.54, 1.807) is 7.11 Å². The third-order valence-corrected chi connectivity index (χ3v) is 5.78. The first-order valence-corrected chi connectivity index (χ1v) is 9.57. The fraction of sp³-hybridized carbons (Fsp3) is 0.524. The van der Waals surface area contributed by atoms with Crippen LogP contribution in [0.25, 0.3) is 0 Å². The summed E-state index contributed by atoms with van der Waals surface area (Å²) in [5.74, 6) is 1.55. The van der Waals surface area contributed by atoms with Crippen LogP contribution < -0.4 is 9.47 Å². The summed E-state index contributed by atoms with van der Waals surface area (Å²) in [6, 6.07) is 6.22. The highest BCUT2D eigenvalue weighted by molar-refractivity contribution is 5.80. The van der Waals surface area contributed by atoms with Gasteiger partial charge in [-0.05, 0) is 44.7 Å². The van der Waals surface area contributed by atoms with E-state index in [1.807, 2.05) is 36.9 Å².